The van der Waals surface area contributed by atoms with Crippen LogP contribution in [-0.2, 0) is 0 Å². The van der Waals surface area contributed by atoms with Gasteiger partial charge in [0.2, 0.25) is 0 Å². The first kappa shape index (κ1) is 15.0. The number of hydrogen-bond donors (Lipinski definition) is 0. The summed E-state index contributed by atoms with van der Waals surface area (Å²) in [5.41, 5.74) is 0.667. The number of aldehydes is 1. The summed E-state index contributed by atoms with van der Waals surface area (Å²) in [6.45, 7) is 6.45. The Labute approximate surface area is 121 Å². The van der Waals surface area contributed by atoms with Gasteiger partial charge in [-0.15, -0.1) is 0 Å². The number of rotatable bonds is 6. The highest BCUT2D eigenvalue weighted by Gasteiger charge is 2.23. The summed E-state index contributed by atoms with van der Waals surface area (Å²) >= 11 is 0. The highest BCUT2D eigenvalue weighted by Crippen LogP contribution is 2.22. The van der Waals surface area contributed by atoms with E-state index in [9.17, 15) is 4.79 Å². The topological polar surface area (TPSA) is 29.5 Å². The highest BCUT2D eigenvalue weighted by atomic mass is 16.5. The summed E-state index contributed by atoms with van der Waals surface area (Å²) in [7, 11) is 0. The zero-order chi connectivity index (χ0) is 14.4. The molecule has 110 valence electrons. The van der Waals surface area contributed by atoms with E-state index >= 15 is 0 Å². The lowest BCUT2D eigenvalue weighted by Gasteiger charge is -2.39. The van der Waals surface area contributed by atoms with Crippen molar-refractivity contribution in [2.24, 2.45) is 0 Å². The van der Waals surface area contributed by atoms with E-state index in [1.165, 1.54) is 19.3 Å². The van der Waals surface area contributed by atoms with Gasteiger partial charge in [-0.3, -0.25) is 9.69 Å². The van der Waals surface area contributed by atoms with E-state index in [0.717, 1.165) is 25.0 Å². The van der Waals surface area contributed by atoms with Crippen LogP contribution in [0.2, 0.25) is 0 Å². The van der Waals surface area contributed by atoms with Gasteiger partial charge in [0, 0.05) is 24.2 Å². The number of likely N-dealkylation sites (tertiary alicyclic amines) is 1. The van der Waals surface area contributed by atoms with E-state index in [2.05, 4.69) is 18.7 Å². The second-order valence-electron chi connectivity index (χ2n) is 5.76. The van der Waals surface area contributed by atoms with E-state index in [1.807, 2.05) is 12.1 Å². The largest absolute Gasteiger partial charge is 0.494 e. The smallest absolute Gasteiger partial charge is 0.150 e. The van der Waals surface area contributed by atoms with Gasteiger partial charge in [0.15, 0.2) is 0 Å². The molecule has 20 heavy (non-hydrogen) atoms. The Balaban J connectivity index is 1.74. The SMILES string of the molecule is C[C@H]1CCC[C@H](C)N1CCCOc1cccc(C=O)c1. The van der Waals surface area contributed by atoms with Crippen molar-refractivity contribution in [2.75, 3.05) is 13.2 Å². The van der Waals surface area contributed by atoms with Crippen LogP contribution in [0.4, 0.5) is 0 Å². The maximum atomic E-state index is 10.7. The Morgan fingerprint density at radius 3 is 2.75 bits per heavy atom. The summed E-state index contributed by atoms with van der Waals surface area (Å²) in [6.07, 6.45) is 5.86. The molecule has 3 heteroatoms. The standard InChI is InChI=1S/C17H25NO2/c1-14-6-3-7-15(2)18(14)10-5-11-20-17-9-4-8-16(12-17)13-19/h4,8-9,12-15H,3,5-7,10-11H2,1-2H3/t14-,15-/m0/s1. The van der Waals surface area contributed by atoms with Crippen molar-refractivity contribution in [3.8, 4) is 5.75 Å². The summed E-state index contributed by atoms with van der Waals surface area (Å²) in [6, 6.07) is 8.72. The summed E-state index contributed by atoms with van der Waals surface area (Å²) in [5, 5.41) is 0. The summed E-state index contributed by atoms with van der Waals surface area (Å²) in [4.78, 5) is 13.3. The molecule has 0 aliphatic carbocycles. The number of nitrogens with zero attached hydrogens (tertiary/aromatic N) is 1. The fourth-order valence-corrected chi connectivity index (χ4v) is 3.03. The van der Waals surface area contributed by atoms with Crippen molar-refractivity contribution in [3.05, 3.63) is 29.8 Å². The molecule has 0 amide bonds. The lowest BCUT2D eigenvalue weighted by Crippen LogP contribution is -2.44. The van der Waals surface area contributed by atoms with Gasteiger partial charge in [-0.05, 0) is 45.2 Å². The number of carbonyl (C=O) groups is 1. The second-order valence-corrected chi connectivity index (χ2v) is 5.76. The van der Waals surface area contributed by atoms with Crippen molar-refractivity contribution in [3.63, 3.8) is 0 Å². The van der Waals surface area contributed by atoms with Crippen LogP contribution in [0.25, 0.3) is 0 Å². The third kappa shape index (κ3) is 4.07. The Hall–Kier alpha value is -1.35. The van der Waals surface area contributed by atoms with E-state index in [0.29, 0.717) is 24.3 Å². The van der Waals surface area contributed by atoms with Crippen molar-refractivity contribution >= 4 is 6.29 Å². The Morgan fingerprint density at radius 1 is 1.30 bits per heavy atom. The van der Waals surface area contributed by atoms with Gasteiger partial charge in [0.05, 0.1) is 6.61 Å². The highest BCUT2D eigenvalue weighted by molar-refractivity contribution is 5.75. The van der Waals surface area contributed by atoms with Crippen LogP contribution >= 0.6 is 0 Å². The van der Waals surface area contributed by atoms with Crippen LogP contribution < -0.4 is 4.74 Å². The maximum absolute atomic E-state index is 10.7. The molecule has 0 bridgehead atoms. The molecule has 0 saturated carbocycles. The van der Waals surface area contributed by atoms with Gasteiger partial charge >= 0.3 is 0 Å². The fraction of sp³-hybridized carbons (Fsp3) is 0.588. The summed E-state index contributed by atoms with van der Waals surface area (Å²) in [5.74, 6) is 0.786. The van der Waals surface area contributed by atoms with Crippen LogP contribution in [0.15, 0.2) is 24.3 Å². The second kappa shape index (κ2) is 7.44. The van der Waals surface area contributed by atoms with E-state index < -0.39 is 0 Å². The monoisotopic (exact) mass is 275 g/mol. The molecule has 0 aromatic heterocycles. The first-order chi connectivity index (χ1) is 9.70. The molecule has 1 heterocycles. The molecule has 1 fully saturated rings. The molecular weight excluding hydrogens is 250 g/mol. The lowest BCUT2D eigenvalue weighted by molar-refractivity contribution is 0.0960. The first-order valence-electron chi connectivity index (χ1n) is 7.64. The quantitative estimate of drug-likeness (QED) is 0.587. The van der Waals surface area contributed by atoms with Crippen LogP contribution in [-0.4, -0.2) is 36.4 Å². The van der Waals surface area contributed by atoms with Gasteiger partial charge in [-0.1, -0.05) is 18.6 Å². The average Bonchev–Trinajstić information content (AvgIpc) is 2.46. The number of carbonyl (C=O) groups excluding carboxylic acids is 1. The van der Waals surface area contributed by atoms with Crippen molar-refractivity contribution in [2.45, 2.75) is 51.6 Å². The predicted octanol–water partition coefficient (Wildman–Crippen LogP) is 3.53. The van der Waals surface area contributed by atoms with Gasteiger partial charge < -0.3 is 4.74 Å². The number of piperidine rings is 1. The third-order valence-electron chi connectivity index (χ3n) is 4.20. The van der Waals surface area contributed by atoms with Crippen molar-refractivity contribution in [1.82, 2.24) is 4.90 Å². The Bertz CT molecular complexity index is 423. The third-order valence-corrected chi connectivity index (χ3v) is 4.20. The molecule has 1 aliphatic rings. The molecule has 1 aromatic carbocycles. The van der Waals surface area contributed by atoms with Crippen molar-refractivity contribution < 1.29 is 9.53 Å². The van der Waals surface area contributed by atoms with E-state index in [4.69, 9.17) is 4.74 Å². The number of ether oxygens (including phenoxy) is 1. The van der Waals surface area contributed by atoms with Crippen LogP contribution in [0.3, 0.4) is 0 Å². The van der Waals surface area contributed by atoms with E-state index in [-0.39, 0.29) is 0 Å². The zero-order valence-electron chi connectivity index (χ0n) is 12.5. The van der Waals surface area contributed by atoms with Crippen LogP contribution in [0.1, 0.15) is 49.9 Å². The molecule has 0 N–H and O–H groups in total. The predicted molar refractivity (Wildman–Crippen MR) is 81.4 cm³/mol. The molecule has 0 spiro atoms. The molecule has 3 nitrogen and oxygen atoms in total. The zero-order valence-corrected chi connectivity index (χ0v) is 12.5. The van der Waals surface area contributed by atoms with Crippen molar-refractivity contribution in [1.29, 1.82) is 0 Å². The molecular formula is C17H25NO2. The number of benzene rings is 1. The van der Waals surface area contributed by atoms with E-state index in [1.54, 1.807) is 12.1 Å². The van der Waals surface area contributed by atoms with Gasteiger partial charge in [0.25, 0.3) is 0 Å². The minimum absolute atomic E-state index is 0.667. The lowest BCUT2D eigenvalue weighted by atomic mass is 9.97. The van der Waals surface area contributed by atoms with Crippen LogP contribution in [0, 0.1) is 0 Å². The Morgan fingerprint density at radius 2 is 2.05 bits per heavy atom. The molecule has 0 radical (unpaired) electrons. The maximum Gasteiger partial charge on any atom is 0.150 e. The first-order valence-corrected chi connectivity index (χ1v) is 7.64. The molecule has 1 aromatic rings. The molecule has 2 atom stereocenters. The van der Waals surface area contributed by atoms with Gasteiger partial charge in [0.1, 0.15) is 12.0 Å². The fourth-order valence-electron chi connectivity index (χ4n) is 3.03. The van der Waals surface area contributed by atoms with Gasteiger partial charge in [-0.25, -0.2) is 0 Å². The molecule has 1 saturated heterocycles. The number of hydrogen-bond acceptors (Lipinski definition) is 3. The minimum atomic E-state index is 0.667. The molecule has 2 rings (SSSR count). The molecule has 1 aliphatic heterocycles. The van der Waals surface area contributed by atoms with Gasteiger partial charge in [-0.2, -0.15) is 0 Å². The van der Waals surface area contributed by atoms with Crippen LogP contribution in [0.5, 0.6) is 5.75 Å². The molecule has 0 unspecified atom stereocenters. The average molecular weight is 275 g/mol. The Kier molecular flexibility index (Phi) is 5.60. The minimum Gasteiger partial charge on any atom is -0.494 e. The normalized spacial score (nSPS) is 23.5. The summed E-state index contributed by atoms with van der Waals surface area (Å²) < 4.78 is 5.72.